The van der Waals surface area contributed by atoms with Gasteiger partial charge in [-0.3, -0.25) is 5.32 Å². The van der Waals surface area contributed by atoms with E-state index in [2.05, 4.69) is 25.6 Å². The number of hydrogen-bond donors (Lipinski definition) is 2. The van der Waals surface area contributed by atoms with Crippen LogP contribution in [-0.2, 0) is 0 Å². The maximum atomic E-state index is 14.1. The quantitative estimate of drug-likeness (QED) is 0.721. The van der Waals surface area contributed by atoms with Crippen LogP contribution in [0.3, 0.4) is 0 Å². The molecule has 2 N–H and O–H groups in total. The van der Waals surface area contributed by atoms with Crippen LogP contribution in [0.2, 0.25) is 0 Å². The normalized spacial score (nSPS) is 19.8. The number of carbonyl (C=O) groups is 1. The summed E-state index contributed by atoms with van der Waals surface area (Å²) in [6, 6.07) is 4.81. The van der Waals surface area contributed by atoms with Gasteiger partial charge >= 0.3 is 6.03 Å². The highest BCUT2D eigenvalue weighted by atomic mass is 19.1. The lowest BCUT2D eigenvalue weighted by atomic mass is 10.0. The zero-order chi connectivity index (χ0) is 19.7. The second kappa shape index (κ2) is 7.51. The molecule has 4 rings (SSSR count). The van der Waals surface area contributed by atoms with Crippen molar-refractivity contribution in [3.05, 3.63) is 36.5 Å². The highest BCUT2D eigenvalue weighted by Gasteiger charge is 2.30. The molecule has 0 aromatic carbocycles. The summed E-state index contributed by atoms with van der Waals surface area (Å²) in [6.45, 7) is 2.31. The predicted octanol–water partition coefficient (Wildman–Crippen LogP) is 2.76. The van der Waals surface area contributed by atoms with E-state index in [0.29, 0.717) is 41.6 Å². The third-order valence-corrected chi connectivity index (χ3v) is 4.88. The number of urea groups is 1. The number of likely N-dealkylation sites (tertiary alicyclic amines) is 1. The van der Waals surface area contributed by atoms with E-state index in [9.17, 15) is 9.18 Å². The summed E-state index contributed by atoms with van der Waals surface area (Å²) in [4.78, 5) is 26.8. The highest BCUT2D eigenvalue weighted by Crippen LogP contribution is 2.23. The Morgan fingerprint density at radius 1 is 1.32 bits per heavy atom. The monoisotopic (exact) mass is 384 g/mol. The second-order valence-corrected chi connectivity index (χ2v) is 6.78. The molecule has 0 unspecified atom stereocenters. The number of anilines is 1. The Labute approximate surface area is 161 Å². The average Bonchev–Trinajstić information content (AvgIpc) is 3.13. The van der Waals surface area contributed by atoms with Crippen molar-refractivity contribution in [2.75, 3.05) is 25.5 Å². The van der Waals surface area contributed by atoms with Gasteiger partial charge in [0.2, 0.25) is 0 Å². The summed E-state index contributed by atoms with van der Waals surface area (Å²) < 4.78 is 19.6. The molecule has 0 aliphatic carbocycles. The van der Waals surface area contributed by atoms with Gasteiger partial charge in [0.15, 0.2) is 11.7 Å². The molecule has 9 heteroatoms. The molecule has 3 aromatic heterocycles. The van der Waals surface area contributed by atoms with E-state index in [4.69, 9.17) is 4.42 Å². The number of pyridine rings is 2. The number of rotatable bonds is 3. The lowest BCUT2D eigenvalue weighted by Gasteiger charge is -2.34. The van der Waals surface area contributed by atoms with E-state index < -0.39 is 6.17 Å². The van der Waals surface area contributed by atoms with Crippen LogP contribution in [0.15, 0.2) is 35.0 Å². The van der Waals surface area contributed by atoms with Crippen molar-refractivity contribution in [3.63, 3.8) is 0 Å². The van der Waals surface area contributed by atoms with Gasteiger partial charge in [-0.15, -0.1) is 0 Å². The zero-order valence-corrected chi connectivity index (χ0v) is 15.6. The summed E-state index contributed by atoms with van der Waals surface area (Å²) in [5.74, 6) is 1.50. The standard InChI is InChI=1S/C19H21FN6O2/c1-11-22-9-17(28-11)15-4-3-12-8-23-18(7-16(12)24-15)25-19(27)26-6-5-14(21-2)13(20)10-26/h3-4,7-9,13-14,21H,5-6,10H2,1-2H3,(H,23,25,27)/t13-,14-/m1/s1. The third kappa shape index (κ3) is 3.65. The lowest BCUT2D eigenvalue weighted by Crippen LogP contribution is -2.52. The molecule has 2 atom stereocenters. The molecule has 1 fully saturated rings. The molecule has 4 heterocycles. The molecule has 0 saturated carbocycles. The molecule has 2 amide bonds. The van der Waals surface area contributed by atoms with Crippen LogP contribution in [0.5, 0.6) is 0 Å². The van der Waals surface area contributed by atoms with Crippen LogP contribution in [0.25, 0.3) is 22.4 Å². The van der Waals surface area contributed by atoms with Gasteiger partial charge < -0.3 is 14.6 Å². The molecule has 8 nitrogen and oxygen atoms in total. The van der Waals surface area contributed by atoms with E-state index in [1.54, 1.807) is 32.4 Å². The van der Waals surface area contributed by atoms with Crippen LogP contribution < -0.4 is 10.6 Å². The molecular formula is C19H21FN6O2. The number of fused-ring (bicyclic) bond motifs is 1. The van der Waals surface area contributed by atoms with Crippen LogP contribution in [-0.4, -0.2) is 58.2 Å². The fourth-order valence-electron chi connectivity index (χ4n) is 3.30. The van der Waals surface area contributed by atoms with Gasteiger partial charge in [-0.25, -0.2) is 24.1 Å². The molecular weight excluding hydrogens is 363 g/mol. The Morgan fingerprint density at radius 3 is 2.89 bits per heavy atom. The van der Waals surface area contributed by atoms with Gasteiger partial charge in [0.1, 0.15) is 17.7 Å². The minimum Gasteiger partial charge on any atom is -0.439 e. The molecule has 0 radical (unpaired) electrons. The van der Waals surface area contributed by atoms with Gasteiger partial charge in [0.05, 0.1) is 18.3 Å². The van der Waals surface area contributed by atoms with Crippen molar-refractivity contribution in [1.82, 2.24) is 25.2 Å². The van der Waals surface area contributed by atoms with Crippen molar-refractivity contribution < 1.29 is 13.6 Å². The Balaban J connectivity index is 1.51. The second-order valence-electron chi connectivity index (χ2n) is 6.78. The summed E-state index contributed by atoms with van der Waals surface area (Å²) in [5.41, 5.74) is 1.31. The van der Waals surface area contributed by atoms with E-state index in [-0.39, 0.29) is 18.6 Å². The summed E-state index contributed by atoms with van der Waals surface area (Å²) >= 11 is 0. The number of halogens is 1. The van der Waals surface area contributed by atoms with Crippen LogP contribution >= 0.6 is 0 Å². The number of alkyl halides is 1. The van der Waals surface area contributed by atoms with E-state index in [1.807, 2.05) is 12.1 Å². The Morgan fingerprint density at radius 2 is 2.18 bits per heavy atom. The molecule has 1 saturated heterocycles. The number of piperidine rings is 1. The molecule has 146 valence electrons. The lowest BCUT2D eigenvalue weighted by molar-refractivity contribution is 0.126. The van der Waals surface area contributed by atoms with Gasteiger partial charge in [0, 0.05) is 37.2 Å². The summed E-state index contributed by atoms with van der Waals surface area (Å²) in [5, 5.41) is 6.50. The average molecular weight is 384 g/mol. The smallest absolute Gasteiger partial charge is 0.323 e. The summed E-state index contributed by atoms with van der Waals surface area (Å²) in [6.07, 6.45) is 2.73. The molecule has 1 aliphatic heterocycles. The van der Waals surface area contributed by atoms with Crippen LogP contribution in [0, 0.1) is 6.92 Å². The largest absolute Gasteiger partial charge is 0.439 e. The van der Waals surface area contributed by atoms with E-state index in [0.717, 1.165) is 5.39 Å². The minimum absolute atomic E-state index is 0.0537. The van der Waals surface area contributed by atoms with E-state index in [1.165, 1.54) is 4.90 Å². The van der Waals surface area contributed by atoms with Crippen molar-refractivity contribution in [2.45, 2.75) is 25.6 Å². The molecule has 1 aliphatic rings. The Hall–Kier alpha value is -3.07. The number of oxazole rings is 1. The maximum absolute atomic E-state index is 14.1. The number of nitrogens with one attached hydrogen (secondary N) is 2. The molecule has 3 aromatic rings. The van der Waals surface area contributed by atoms with Gasteiger partial charge in [-0.1, -0.05) is 0 Å². The molecule has 28 heavy (non-hydrogen) atoms. The van der Waals surface area contributed by atoms with Crippen molar-refractivity contribution in [1.29, 1.82) is 0 Å². The minimum atomic E-state index is -1.09. The van der Waals surface area contributed by atoms with Crippen molar-refractivity contribution in [3.8, 4) is 11.5 Å². The summed E-state index contributed by atoms with van der Waals surface area (Å²) in [7, 11) is 1.73. The fourth-order valence-corrected chi connectivity index (χ4v) is 3.30. The number of aryl methyl sites for hydroxylation is 1. The predicted molar refractivity (Wildman–Crippen MR) is 103 cm³/mol. The number of carbonyl (C=O) groups excluding carboxylic acids is 1. The van der Waals surface area contributed by atoms with Crippen LogP contribution in [0.4, 0.5) is 15.0 Å². The first-order valence-corrected chi connectivity index (χ1v) is 9.10. The zero-order valence-electron chi connectivity index (χ0n) is 15.6. The van der Waals surface area contributed by atoms with E-state index >= 15 is 0 Å². The van der Waals surface area contributed by atoms with Crippen molar-refractivity contribution >= 4 is 22.8 Å². The first-order chi connectivity index (χ1) is 13.5. The van der Waals surface area contributed by atoms with Gasteiger partial charge in [0.25, 0.3) is 0 Å². The SMILES string of the molecule is CN[C@@H]1CCN(C(=O)Nc2cc3nc(-c4cnc(C)o4)ccc3cn2)C[C@H]1F. The Bertz CT molecular complexity index is 1010. The number of nitrogens with zero attached hydrogens (tertiary/aromatic N) is 4. The maximum Gasteiger partial charge on any atom is 0.323 e. The topological polar surface area (TPSA) is 96.2 Å². The first-order valence-electron chi connectivity index (χ1n) is 9.10. The fraction of sp³-hybridized carbons (Fsp3) is 0.368. The first kappa shape index (κ1) is 18.3. The molecule has 0 spiro atoms. The highest BCUT2D eigenvalue weighted by molar-refractivity contribution is 5.91. The van der Waals surface area contributed by atoms with Crippen molar-refractivity contribution in [2.24, 2.45) is 0 Å². The molecule has 0 bridgehead atoms. The third-order valence-electron chi connectivity index (χ3n) is 4.88. The number of amides is 2. The van der Waals surface area contributed by atoms with Gasteiger partial charge in [-0.2, -0.15) is 0 Å². The number of aromatic nitrogens is 3. The number of hydrogen-bond acceptors (Lipinski definition) is 6. The van der Waals surface area contributed by atoms with Gasteiger partial charge in [-0.05, 0) is 25.6 Å². The Kier molecular flexibility index (Phi) is 4.91. The van der Waals surface area contributed by atoms with Crippen LogP contribution in [0.1, 0.15) is 12.3 Å².